The van der Waals surface area contributed by atoms with Gasteiger partial charge in [-0.05, 0) is 36.6 Å². The summed E-state index contributed by atoms with van der Waals surface area (Å²) in [6, 6.07) is 4.97. The lowest BCUT2D eigenvalue weighted by molar-refractivity contribution is -0.140. The minimum absolute atomic E-state index is 0.485. The first-order valence-corrected chi connectivity index (χ1v) is 4.73. The number of carboxylic acids is 1. The highest BCUT2D eigenvalue weighted by atomic mass is 35.5. The van der Waals surface area contributed by atoms with Crippen LogP contribution >= 0.6 is 11.6 Å². The standard InChI is InChI=1S/C10H10ClNO2/c11-8-2-1-6(12)5-7(8)10(3-4-10)9(13)14/h1-2,5H,3-4,12H2,(H,13,14). The molecule has 2 rings (SSSR count). The Kier molecular flexibility index (Phi) is 1.93. The molecule has 1 aromatic rings. The Morgan fingerprint density at radius 2 is 2.14 bits per heavy atom. The second kappa shape index (κ2) is 2.89. The van der Waals surface area contributed by atoms with Gasteiger partial charge in [-0.3, -0.25) is 4.79 Å². The highest BCUT2D eigenvalue weighted by Crippen LogP contribution is 2.51. The molecule has 4 heteroatoms. The van der Waals surface area contributed by atoms with Crippen molar-refractivity contribution in [3.63, 3.8) is 0 Å². The summed E-state index contributed by atoms with van der Waals surface area (Å²) in [6.07, 6.45) is 1.29. The fraction of sp³-hybridized carbons (Fsp3) is 0.300. The van der Waals surface area contributed by atoms with Crippen LogP contribution in [-0.4, -0.2) is 11.1 Å². The maximum Gasteiger partial charge on any atom is 0.314 e. The Balaban J connectivity index is 2.51. The van der Waals surface area contributed by atoms with Gasteiger partial charge in [0.25, 0.3) is 0 Å². The van der Waals surface area contributed by atoms with E-state index in [4.69, 9.17) is 22.4 Å². The molecule has 0 radical (unpaired) electrons. The summed E-state index contributed by atoms with van der Waals surface area (Å²) in [7, 11) is 0. The Labute approximate surface area is 86.5 Å². The molecular weight excluding hydrogens is 202 g/mol. The van der Waals surface area contributed by atoms with Crippen LogP contribution in [0.2, 0.25) is 5.02 Å². The van der Waals surface area contributed by atoms with Gasteiger partial charge in [-0.2, -0.15) is 0 Å². The molecule has 0 aliphatic heterocycles. The minimum Gasteiger partial charge on any atom is -0.481 e. The van der Waals surface area contributed by atoms with Crippen molar-refractivity contribution in [3.8, 4) is 0 Å². The molecule has 0 saturated heterocycles. The number of nitrogen functional groups attached to an aromatic ring is 1. The van der Waals surface area contributed by atoms with Crippen molar-refractivity contribution in [2.45, 2.75) is 18.3 Å². The van der Waals surface area contributed by atoms with E-state index in [0.717, 1.165) is 0 Å². The van der Waals surface area contributed by atoms with Crippen molar-refractivity contribution in [2.75, 3.05) is 5.73 Å². The maximum absolute atomic E-state index is 11.0. The number of hydrogen-bond acceptors (Lipinski definition) is 2. The first-order chi connectivity index (χ1) is 6.56. The van der Waals surface area contributed by atoms with Crippen LogP contribution in [0.5, 0.6) is 0 Å². The quantitative estimate of drug-likeness (QED) is 0.736. The van der Waals surface area contributed by atoms with Crippen LogP contribution in [-0.2, 0) is 10.2 Å². The number of halogens is 1. The van der Waals surface area contributed by atoms with Crippen LogP contribution in [0.15, 0.2) is 18.2 Å². The summed E-state index contributed by atoms with van der Waals surface area (Å²) in [5.74, 6) is -0.815. The predicted molar refractivity (Wildman–Crippen MR) is 54.4 cm³/mol. The summed E-state index contributed by atoms with van der Waals surface area (Å²) in [4.78, 5) is 11.0. The van der Waals surface area contributed by atoms with E-state index in [1.807, 2.05) is 0 Å². The van der Waals surface area contributed by atoms with E-state index in [2.05, 4.69) is 0 Å². The molecule has 0 aromatic heterocycles. The third-order valence-corrected chi connectivity index (χ3v) is 2.99. The average Bonchev–Trinajstić information content (AvgIpc) is 2.90. The number of carboxylic acid groups (broad SMARTS) is 1. The molecule has 1 fully saturated rings. The summed E-state index contributed by atoms with van der Waals surface area (Å²) < 4.78 is 0. The van der Waals surface area contributed by atoms with E-state index in [9.17, 15) is 4.79 Å². The number of nitrogens with two attached hydrogens (primary N) is 1. The minimum atomic E-state index is -0.815. The molecule has 1 aliphatic rings. The summed E-state index contributed by atoms with van der Waals surface area (Å²) >= 11 is 5.95. The number of carbonyl (C=O) groups is 1. The lowest BCUT2D eigenvalue weighted by Crippen LogP contribution is -2.20. The Hall–Kier alpha value is -1.22. The van der Waals surface area contributed by atoms with Crippen molar-refractivity contribution in [3.05, 3.63) is 28.8 Å². The highest BCUT2D eigenvalue weighted by molar-refractivity contribution is 6.32. The number of aliphatic carboxylic acids is 1. The molecule has 74 valence electrons. The number of benzene rings is 1. The van der Waals surface area contributed by atoms with E-state index in [0.29, 0.717) is 29.1 Å². The molecule has 0 atom stereocenters. The number of hydrogen-bond donors (Lipinski definition) is 2. The highest BCUT2D eigenvalue weighted by Gasteiger charge is 2.52. The van der Waals surface area contributed by atoms with Crippen LogP contribution < -0.4 is 5.73 Å². The largest absolute Gasteiger partial charge is 0.481 e. The fourth-order valence-electron chi connectivity index (χ4n) is 1.63. The molecule has 3 nitrogen and oxygen atoms in total. The second-order valence-corrected chi connectivity index (χ2v) is 4.03. The molecule has 3 N–H and O–H groups in total. The zero-order valence-corrected chi connectivity index (χ0v) is 8.21. The van der Waals surface area contributed by atoms with Gasteiger partial charge in [0.05, 0.1) is 5.41 Å². The zero-order chi connectivity index (χ0) is 10.3. The van der Waals surface area contributed by atoms with E-state index in [1.54, 1.807) is 18.2 Å². The van der Waals surface area contributed by atoms with Gasteiger partial charge in [0.1, 0.15) is 0 Å². The van der Waals surface area contributed by atoms with Gasteiger partial charge < -0.3 is 10.8 Å². The average molecular weight is 212 g/mol. The van der Waals surface area contributed by atoms with Gasteiger partial charge in [-0.15, -0.1) is 0 Å². The van der Waals surface area contributed by atoms with Gasteiger partial charge in [0.15, 0.2) is 0 Å². The van der Waals surface area contributed by atoms with Crippen LogP contribution in [0.25, 0.3) is 0 Å². The fourth-order valence-corrected chi connectivity index (χ4v) is 1.93. The molecule has 0 unspecified atom stereocenters. The topological polar surface area (TPSA) is 63.3 Å². The second-order valence-electron chi connectivity index (χ2n) is 3.63. The summed E-state index contributed by atoms with van der Waals surface area (Å²) in [6.45, 7) is 0. The zero-order valence-electron chi connectivity index (χ0n) is 7.46. The molecule has 14 heavy (non-hydrogen) atoms. The Morgan fingerprint density at radius 3 is 2.64 bits per heavy atom. The van der Waals surface area contributed by atoms with Crippen LogP contribution in [0.1, 0.15) is 18.4 Å². The Bertz CT molecular complexity index is 399. The first-order valence-electron chi connectivity index (χ1n) is 4.35. The van der Waals surface area contributed by atoms with Crippen LogP contribution in [0.3, 0.4) is 0 Å². The molecule has 0 bridgehead atoms. The molecule has 1 aliphatic carbocycles. The van der Waals surface area contributed by atoms with E-state index in [-0.39, 0.29) is 0 Å². The van der Waals surface area contributed by atoms with Crippen molar-refractivity contribution < 1.29 is 9.90 Å². The predicted octanol–water partition coefficient (Wildman–Crippen LogP) is 2.04. The normalized spacial score (nSPS) is 17.8. The van der Waals surface area contributed by atoms with Gasteiger partial charge in [0.2, 0.25) is 0 Å². The van der Waals surface area contributed by atoms with Crippen molar-refractivity contribution in [2.24, 2.45) is 0 Å². The van der Waals surface area contributed by atoms with E-state index >= 15 is 0 Å². The summed E-state index contributed by atoms with van der Waals surface area (Å²) in [5, 5.41) is 9.56. The molecule has 0 spiro atoms. The van der Waals surface area contributed by atoms with Crippen molar-refractivity contribution >= 4 is 23.3 Å². The summed E-state index contributed by atoms with van der Waals surface area (Å²) in [5.41, 5.74) is 6.03. The van der Waals surface area contributed by atoms with Gasteiger partial charge in [0, 0.05) is 10.7 Å². The number of anilines is 1. The van der Waals surface area contributed by atoms with E-state index < -0.39 is 11.4 Å². The molecule has 0 amide bonds. The maximum atomic E-state index is 11.0. The SMILES string of the molecule is Nc1ccc(Cl)c(C2(C(=O)O)CC2)c1. The third-order valence-electron chi connectivity index (χ3n) is 2.67. The molecule has 0 heterocycles. The monoisotopic (exact) mass is 211 g/mol. The molecular formula is C10H10ClNO2. The van der Waals surface area contributed by atoms with Crippen LogP contribution in [0.4, 0.5) is 5.69 Å². The lowest BCUT2D eigenvalue weighted by atomic mass is 9.96. The lowest BCUT2D eigenvalue weighted by Gasteiger charge is -2.12. The van der Waals surface area contributed by atoms with E-state index in [1.165, 1.54) is 0 Å². The molecule has 1 aromatic carbocycles. The van der Waals surface area contributed by atoms with Gasteiger partial charge in [-0.1, -0.05) is 11.6 Å². The Morgan fingerprint density at radius 1 is 1.50 bits per heavy atom. The van der Waals surface area contributed by atoms with Crippen molar-refractivity contribution in [1.82, 2.24) is 0 Å². The number of rotatable bonds is 2. The van der Waals surface area contributed by atoms with Crippen molar-refractivity contribution in [1.29, 1.82) is 0 Å². The van der Waals surface area contributed by atoms with Crippen LogP contribution in [0, 0.1) is 0 Å². The smallest absolute Gasteiger partial charge is 0.314 e. The molecule has 1 saturated carbocycles. The third kappa shape index (κ3) is 1.24. The van der Waals surface area contributed by atoms with Gasteiger partial charge >= 0.3 is 5.97 Å². The van der Waals surface area contributed by atoms with Gasteiger partial charge in [-0.25, -0.2) is 0 Å². The first kappa shape index (κ1) is 9.34.